The lowest BCUT2D eigenvalue weighted by Crippen LogP contribution is -2.49. The fourth-order valence-corrected chi connectivity index (χ4v) is 4.23. The normalized spacial score (nSPS) is 59.4. The summed E-state index contributed by atoms with van der Waals surface area (Å²) in [6, 6.07) is 0. The molecule has 3 fully saturated rings. The number of rotatable bonds is 1. The van der Waals surface area contributed by atoms with Gasteiger partial charge >= 0.3 is 5.97 Å². The molecule has 0 aromatic rings. The molecule has 0 aromatic heterocycles. The molecule has 0 radical (unpaired) electrons. The van der Waals surface area contributed by atoms with E-state index in [1.807, 2.05) is 0 Å². The summed E-state index contributed by atoms with van der Waals surface area (Å²) in [5.74, 6) is -0.178. The first kappa shape index (κ1) is 8.72. The Bertz CT molecular complexity index is 326. The van der Waals surface area contributed by atoms with Crippen LogP contribution in [0.5, 0.6) is 0 Å². The van der Waals surface area contributed by atoms with Gasteiger partial charge in [-0.3, -0.25) is 0 Å². The van der Waals surface area contributed by atoms with Crippen LogP contribution >= 0.6 is 0 Å². The van der Waals surface area contributed by atoms with Crippen molar-refractivity contribution in [1.82, 2.24) is 0 Å². The molecular weight excluding hydrogens is 180 g/mol. The minimum atomic E-state index is -0.856. The summed E-state index contributed by atoms with van der Waals surface area (Å²) < 4.78 is 5.64. The largest absolute Gasteiger partial charge is 0.479 e. The van der Waals surface area contributed by atoms with Crippen LogP contribution in [-0.2, 0) is 9.53 Å². The second kappa shape index (κ2) is 2.01. The second-order valence-electron chi connectivity index (χ2n) is 5.61. The lowest BCUT2D eigenvalue weighted by atomic mass is 9.66. The molecule has 0 unspecified atom stereocenters. The zero-order valence-corrected chi connectivity index (χ0v) is 8.67. The summed E-state index contributed by atoms with van der Waals surface area (Å²) in [5, 5.41) is 9.37. The highest BCUT2D eigenvalue weighted by molar-refractivity contribution is 5.81. The Morgan fingerprint density at radius 2 is 2.21 bits per heavy atom. The van der Waals surface area contributed by atoms with Gasteiger partial charge in [0, 0.05) is 10.8 Å². The lowest BCUT2D eigenvalue weighted by molar-refractivity contribution is -0.174. The highest BCUT2D eigenvalue weighted by atomic mass is 16.5. The summed E-state index contributed by atoms with van der Waals surface area (Å²) >= 11 is 0. The van der Waals surface area contributed by atoms with Crippen LogP contribution in [0.15, 0.2) is 0 Å². The van der Waals surface area contributed by atoms with Gasteiger partial charge in [0.1, 0.15) is 0 Å². The van der Waals surface area contributed by atoms with E-state index in [1.54, 1.807) is 0 Å². The summed E-state index contributed by atoms with van der Waals surface area (Å²) in [6.07, 6.45) is 2.93. The fourth-order valence-electron chi connectivity index (χ4n) is 4.23. The van der Waals surface area contributed by atoms with Crippen LogP contribution in [0.3, 0.4) is 0 Å². The van der Waals surface area contributed by atoms with E-state index in [0.29, 0.717) is 12.5 Å². The van der Waals surface area contributed by atoms with Gasteiger partial charge in [-0.05, 0) is 25.2 Å². The first-order valence-electron chi connectivity index (χ1n) is 5.34. The van der Waals surface area contributed by atoms with Gasteiger partial charge in [-0.1, -0.05) is 13.8 Å². The minimum Gasteiger partial charge on any atom is -0.479 e. The van der Waals surface area contributed by atoms with Crippen molar-refractivity contribution >= 4 is 5.97 Å². The van der Waals surface area contributed by atoms with Crippen LogP contribution in [0.2, 0.25) is 0 Å². The number of carboxylic acids is 1. The highest BCUT2D eigenvalue weighted by Gasteiger charge is 2.78. The van der Waals surface area contributed by atoms with Crippen LogP contribution in [0, 0.1) is 16.7 Å². The van der Waals surface area contributed by atoms with Gasteiger partial charge in [0.15, 0.2) is 5.60 Å². The molecule has 1 heterocycles. The molecule has 78 valence electrons. The quantitative estimate of drug-likeness (QED) is 0.693. The zero-order valence-electron chi connectivity index (χ0n) is 8.67. The van der Waals surface area contributed by atoms with Gasteiger partial charge in [0.2, 0.25) is 0 Å². The Kier molecular flexibility index (Phi) is 1.25. The van der Waals surface area contributed by atoms with Crippen molar-refractivity contribution in [3.8, 4) is 0 Å². The van der Waals surface area contributed by atoms with Crippen molar-refractivity contribution < 1.29 is 14.6 Å². The Labute approximate surface area is 83.4 Å². The summed E-state index contributed by atoms with van der Waals surface area (Å²) in [7, 11) is 0. The van der Waals surface area contributed by atoms with Crippen LogP contribution < -0.4 is 0 Å². The van der Waals surface area contributed by atoms with E-state index in [0.717, 1.165) is 12.8 Å². The number of aliphatic carboxylic acids is 1. The van der Waals surface area contributed by atoms with Gasteiger partial charge in [-0.2, -0.15) is 0 Å². The third-order valence-electron chi connectivity index (χ3n) is 5.54. The summed E-state index contributed by atoms with van der Waals surface area (Å²) in [5.41, 5.74) is -0.868. The molecule has 3 heteroatoms. The van der Waals surface area contributed by atoms with Crippen molar-refractivity contribution in [2.75, 3.05) is 6.61 Å². The van der Waals surface area contributed by atoms with Crippen molar-refractivity contribution in [2.24, 2.45) is 16.7 Å². The number of ether oxygens (including phenoxy) is 1. The smallest absolute Gasteiger partial charge is 0.336 e. The fraction of sp³-hybridized carbons (Fsp3) is 0.909. The Balaban J connectivity index is 2.18. The molecule has 1 saturated heterocycles. The zero-order chi connectivity index (χ0) is 10.2. The Morgan fingerprint density at radius 3 is 2.64 bits per heavy atom. The van der Waals surface area contributed by atoms with E-state index >= 15 is 0 Å². The van der Waals surface area contributed by atoms with Crippen LogP contribution in [0.25, 0.3) is 0 Å². The summed E-state index contributed by atoms with van der Waals surface area (Å²) in [4.78, 5) is 11.4. The molecule has 1 N–H and O–H groups in total. The molecule has 0 spiro atoms. The van der Waals surface area contributed by atoms with Crippen molar-refractivity contribution in [2.45, 2.75) is 38.7 Å². The maximum atomic E-state index is 11.4. The number of carbonyl (C=O) groups is 1. The third kappa shape index (κ3) is 0.553. The van der Waals surface area contributed by atoms with E-state index in [-0.39, 0.29) is 10.8 Å². The van der Waals surface area contributed by atoms with Crippen molar-refractivity contribution in [3.05, 3.63) is 0 Å². The number of hydrogen-bond acceptors (Lipinski definition) is 2. The topological polar surface area (TPSA) is 46.5 Å². The molecule has 0 aromatic carbocycles. The number of carboxylic acid groups (broad SMARTS) is 1. The second-order valence-corrected chi connectivity index (χ2v) is 5.61. The van der Waals surface area contributed by atoms with Crippen LogP contribution in [0.1, 0.15) is 33.1 Å². The van der Waals surface area contributed by atoms with Crippen LogP contribution in [0.4, 0.5) is 0 Å². The number of hydrogen-bond donors (Lipinski definition) is 1. The molecular formula is C11H16O3. The van der Waals surface area contributed by atoms with Gasteiger partial charge in [0.25, 0.3) is 0 Å². The van der Waals surface area contributed by atoms with Crippen molar-refractivity contribution in [1.29, 1.82) is 0 Å². The average molecular weight is 196 g/mol. The summed E-state index contributed by atoms with van der Waals surface area (Å²) in [6.45, 7) is 4.96. The standard InChI is InChI=1S/C11H16O3/c1-9-6-14-11(8(12)13)5-7(9)3-4-10(9,11)2/h7H,3-6H2,1-2H3,(H,12,13)/t7-,9-,10-,11+/m0/s1. The molecule has 0 amide bonds. The maximum Gasteiger partial charge on any atom is 0.336 e. The Morgan fingerprint density at radius 1 is 1.50 bits per heavy atom. The molecule has 3 rings (SSSR count). The van der Waals surface area contributed by atoms with Gasteiger partial charge in [-0.15, -0.1) is 0 Å². The predicted molar refractivity (Wildman–Crippen MR) is 49.9 cm³/mol. The Hall–Kier alpha value is -0.570. The van der Waals surface area contributed by atoms with Gasteiger partial charge in [0.05, 0.1) is 6.61 Å². The lowest BCUT2D eigenvalue weighted by Gasteiger charge is -2.37. The van der Waals surface area contributed by atoms with E-state index in [1.165, 1.54) is 6.42 Å². The molecule has 4 bridgehead atoms. The predicted octanol–water partition coefficient (Wildman–Crippen LogP) is 1.67. The monoisotopic (exact) mass is 196 g/mol. The maximum absolute atomic E-state index is 11.4. The van der Waals surface area contributed by atoms with E-state index < -0.39 is 11.6 Å². The molecule has 4 atom stereocenters. The van der Waals surface area contributed by atoms with Gasteiger partial charge in [-0.25, -0.2) is 4.79 Å². The van der Waals surface area contributed by atoms with E-state index in [4.69, 9.17) is 4.74 Å². The van der Waals surface area contributed by atoms with Crippen LogP contribution in [-0.4, -0.2) is 23.3 Å². The molecule has 3 aliphatic rings. The molecule has 14 heavy (non-hydrogen) atoms. The van der Waals surface area contributed by atoms with E-state index in [2.05, 4.69) is 13.8 Å². The highest BCUT2D eigenvalue weighted by Crippen LogP contribution is 2.74. The molecule has 2 aliphatic carbocycles. The SMILES string of the molecule is C[C@@]12CC[C@H]3C[C@]1(C(=O)O)OC[C@@]32C. The first-order valence-corrected chi connectivity index (χ1v) is 5.34. The first-order chi connectivity index (χ1) is 6.46. The minimum absolute atomic E-state index is 0.116. The van der Waals surface area contributed by atoms with E-state index in [9.17, 15) is 9.90 Å². The van der Waals surface area contributed by atoms with Crippen molar-refractivity contribution in [3.63, 3.8) is 0 Å². The molecule has 2 saturated carbocycles. The molecule has 3 nitrogen and oxygen atoms in total. The molecule has 1 aliphatic heterocycles. The third-order valence-corrected chi connectivity index (χ3v) is 5.54. The average Bonchev–Trinajstić information content (AvgIpc) is 2.58. The van der Waals surface area contributed by atoms with Gasteiger partial charge < -0.3 is 9.84 Å².